The van der Waals surface area contributed by atoms with Crippen molar-refractivity contribution in [3.8, 4) is 0 Å². The van der Waals surface area contributed by atoms with Crippen molar-refractivity contribution in [2.75, 3.05) is 0 Å². The summed E-state index contributed by atoms with van der Waals surface area (Å²) >= 11 is 0. The molecule has 0 saturated heterocycles. The third-order valence-electron chi connectivity index (χ3n) is 0. The van der Waals surface area contributed by atoms with Gasteiger partial charge in [-0.25, -0.2) is 0 Å². The average molecular weight is 254 g/mol. The maximum atomic E-state index is 0. The van der Waals surface area contributed by atoms with Crippen molar-refractivity contribution in [3.63, 3.8) is 0 Å². The number of rotatable bonds is 0. The maximum Gasteiger partial charge on any atom is 2.00 e. The van der Waals surface area contributed by atoms with Crippen LogP contribution in [-0.4, -0.2) is 21.9 Å². The molecule has 0 amide bonds. The van der Waals surface area contributed by atoms with Gasteiger partial charge >= 0.3 is 17.1 Å². The van der Waals surface area contributed by atoms with Crippen molar-refractivity contribution in [2.24, 2.45) is 0 Å². The third-order valence-corrected chi connectivity index (χ3v) is 0. The Bertz CT molecular complexity index is 7.51. The molecule has 1 radical (unpaired) electrons. The Kier molecular flexibility index (Phi) is 4910. The molecule has 0 aromatic rings. The average Bonchev–Trinajstić information content (AvgIpc) is 0. The normalized spacial score (nSPS) is 0. The molecular weight excluding hydrogens is 246 g/mol. The molecular formula is H8IMnO4+. The van der Waals surface area contributed by atoms with Gasteiger partial charge < -0.3 is 45.9 Å². The summed E-state index contributed by atoms with van der Waals surface area (Å²) in [7, 11) is 0. The Balaban J connectivity index is 0. The van der Waals surface area contributed by atoms with Crippen LogP contribution in [0, 0.1) is 0 Å². The van der Waals surface area contributed by atoms with Crippen molar-refractivity contribution in [3.05, 3.63) is 0 Å². The Hall–Kier alpha value is 1.09. The van der Waals surface area contributed by atoms with Crippen molar-refractivity contribution in [2.45, 2.75) is 0 Å². The molecule has 0 spiro atoms. The number of hydrogen-bond acceptors (Lipinski definition) is 0. The van der Waals surface area contributed by atoms with Crippen molar-refractivity contribution in [1.82, 2.24) is 0 Å². The van der Waals surface area contributed by atoms with E-state index >= 15 is 0 Å². The van der Waals surface area contributed by atoms with Gasteiger partial charge in [0, 0.05) is 0 Å². The minimum absolute atomic E-state index is 0. The Morgan fingerprint density at radius 1 is 0.500 bits per heavy atom. The van der Waals surface area contributed by atoms with E-state index in [4.69, 9.17) is 0 Å². The Labute approximate surface area is 63.0 Å². The smallest absolute Gasteiger partial charge is 1.00 e. The molecule has 6 heteroatoms. The van der Waals surface area contributed by atoms with E-state index in [1.807, 2.05) is 0 Å². The summed E-state index contributed by atoms with van der Waals surface area (Å²) in [6, 6.07) is 0. The summed E-state index contributed by atoms with van der Waals surface area (Å²) in [6.45, 7) is 0. The van der Waals surface area contributed by atoms with Gasteiger partial charge in [0.05, 0.1) is 0 Å². The van der Waals surface area contributed by atoms with E-state index in [9.17, 15) is 0 Å². The van der Waals surface area contributed by atoms with Crippen LogP contribution >= 0.6 is 0 Å². The largest absolute Gasteiger partial charge is 2.00 e. The molecule has 4 nitrogen and oxygen atoms in total. The van der Waals surface area contributed by atoms with E-state index in [2.05, 4.69) is 0 Å². The molecule has 0 bridgehead atoms. The first-order chi connectivity index (χ1) is 0. The van der Waals surface area contributed by atoms with Crippen LogP contribution in [0.25, 0.3) is 0 Å². The first kappa shape index (κ1) is 221. The summed E-state index contributed by atoms with van der Waals surface area (Å²) in [5, 5.41) is 0. The van der Waals surface area contributed by atoms with Gasteiger partial charge in [-0.15, -0.1) is 0 Å². The number of halogens is 1. The fraction of sp³-hybridized carbons (Fsp3) is 0. The molecule has 0 aliphatic rings. The predicted octanol–water partition coefficient (Wildman–Crippen LogP) is -6.30. The molecule has 0 aliphatic heterocycles. The molecule has 8 N–H and O–H groups in total. The minimum atomic E-state index is 0. The van der Waals surface area contributed by atoms with Gasteiger partial charge in [-0.05, 0) is 0 Å². The van der Waals surface area contributed by atoms with Gasteiger partial charge in [-0.2, -0.15) is 0 Å². The van der Waals surface area contributed by atoms with Gasteiger partial charge in [-0.1, -0.05) is 0 Å². The fourth-order valence-corrected chi connectivity index (χ4v) is 0. The van der Waals surface area contributed by atoms with Gasteiger partial charge in [0.2, 0.25) is 0 Å². The number of hydrogen-bond donors (Lipinski definition) is 0. The quantitative estimate of drug-likeness (QED) is 0.301. The summed E-state index contributed by atoms with van der Waals surface area (Å²) in [5.41, 5.74) is 0. The fourth-order valence-electron chi connectivity index (χ4n) is 0. The van der Waals surface area contributed by atoms with Crippen LogP contribution in [0.4, 0.5) is 0 Å². The van der Waals surface area contributed by atoms with E-state index in [0.717, 1.165) is 0 Å². The Morgan fingerprint density at radius 3 is 0.500 bits per heavy atom. The molecule has 0 heterocycles. The van der Waals surface area contributed by atoms with E-state index in [-0.39, 0.29) is 63.0 Å². The molecule has 0 saturated carbocycles. The van der Waals surface area contributed by atoms with E-state index < -0.39 is 0 Å². The van der Waals surface area contributed by atoms with Crippen molar-refractivity contribution < 1.29 is 63.0 Å². The van der Waals surface area contributed by atoms with Crippen LogP contribution in [0.15, 0.2) is 0 Å². The standard InChI is InChI=1S/HI.Mn.4H2O/h1H;;4*1H2/q;+2;;;;/p-1. The van der Waals surface area contributed by atoms with E-state index in [1.165, 1.54) is 0 Å². The molecule has 0 aliphatic carbocycles. The van der Waals surface area contributed by atoms with Crippen LogP contribution in [0.1, 0.15) is 0 Å². The molecule has 0 rings (SSSR count). The van der Waals surface area contributed by atoms with Gasteiger partial charge in [0.1, 0.15) is 0 Å². The topological polar surface area (TPSA) is 126 Å². The van der Waals surface area contributed by atoms with Crippen LogP contribution in [0.5, 0.6) is 0 Å². The van der Waals surface area contributed by atoms with Crippen LogP contribution in [-0.2, 0) is 17.1 Å². The predicted molar refractivity (Wildman–Crippen MR) is 14.5 cm³/mol. The zero-order chi connectivity index (χ0) is 0. The third kappa shape index (κ3) is 71.7. The first-order valence-electron chi connectivity index (χ1n) is 0. The SMILES string of the molecule is O.O.O.O.[I-].[Mn+2]. The molecule has 0 atom stereocenters. The van der Waals surface area contributed by atoms with Gasteiger partial charge in [-0.3, -0.25) is 0 Å². The molecule has 0 fully saturated rings. The second-order valence-electron chi connectivity index (χ2n) is 0. The molecule has 45 valence electrons. The molecule has 0 aromatic carbocycles. The summed E-state index contributed by atoms with van der Waals surface area (Å²) in [6.07, 6.45) is 0. The second-order valence-corrected chi connectivity index (χ2v) is 0. The zero-order valence-electron chi connectivity index (χ0n) is 2.76. The van der Waals surface area contributed by atoms with E-state index in [1.54, 1.807) is 0 Å². The summed E-state index contributed by atoms with van der Waals surface area (Å²) in [4.78, 5) is 0. The zero-order valence-corrected chi connectivity index (χ0v) is 6.09. The van der Waals surface area contributed by atoms with Crippen molar-refractivity contribution >= 4 is 0 Å². The Morgan fingerprint density at radius 2 is 0.500 bits per heavy atom. The molecule has 6 heavy (non-hydrogen) atoms. The summed E-state index contributed by atoms with van der Waals surface area (Å²) < 4.78 is 0. The van der Waals surface area contributed by atoms with Crippen LogP contribution in [0.2, 0.25) is 0 Å². The summed E-state index contributed by atoms with van der Waals surface area (Å²) in [5.74, 6) is 0. The van der Waals surface area contributed by atoms with Crippen LogP contribution < -0.4 is 24.0 Å². The van der Waals surface area contributed by atoms with E-state index in [0.29, 0.717) is 0 Å². The minimum Gasteiger partial charge on any atom is -1.00 e. The van der Waals surface area contributed by atoms with Crippen LogP contribution in [0.3, 0.4) is 0 Å². The molecule has 0 aromatic heterocycles. The second kappa shape index (κ2) is 133. The monoisotopic (exact) mass is 254 g/mol. The molecule has 0 unspecified atom stereocenters. The van der Waals surface area contributed by atoms with Gasteiger partial charge in [0.15, 0.2) is 0 Å². The maximum absolute atomic E-state index is 0. The first-order valence-corrected chi connectivity index (χ1v) is 0. The van der Waals surface area contributed by atoms with Crippen molar-refractivity contribution in [1.29, 1.82) is 0 Å². The van der Waals surface area contributed by atoms with Gasteiger partial charge in [0.25, 0.3) is 0 Å².